The SMILES string of the molecule is CCC(CC)C(=O)OCOC(=O)C1=C(COC(=O)N(C)C)CS[C@H]2C(NC(=O)/C(=N\O)c3csc(N)n3)C(=O)N12. The van der Waals surface area contributed by atoms with E-state index in [1.165, 1.54) is 36.1 Å². The van der Waals surface area contributed by atoms with Crippen molar-refractivity contribution in [2.45, 2.75) is 38.1 Å². The second-order valence-corrected chi connectivity index (χ2v) is 10.8. The van der Waals surface area contributed by atoms with E-state index >= 15 is 0 Å². The molecule has 3 amide bonds. The molecule has 0 radical (unpaired) electrons. The molecule has 40 heavy (non-hydrogen) atoms. The lowest BCUT2D eigenvalue weighted by Crippen LogP contribution is -2.71. The van der Waals surface area contributed by atoms with Crippen LogP contribution in [-0.4, -0.2) is 100 Å². The first-order valence-corrected chi connectivity index (χ1v) is 14.1. The number of oxime groups is 1. The lowest BCUT2D eigenvalue weighted by molar-refractivity contribution is -0.170. The van der Waals surface area contributed by atoms with E-state index in [-0.39, 0.29) is 34.8 Å². The Morgan fingerprint density at radius 3 is 2.52 bits per heavy atom. The number of thioether (sulfide) groups is 1. The molecule has 2 aliphatic rings. The van der Waals surface area contributed by atoms with Crippen LogP contribution in [0.4, 0.5) is 9.93 Å². The van der Waals surface area contributed by atoms with Crippen molar-refractivity contribution in [3.05, 3.63) is 22.3 Å². The maximum atomic E-state index is 13.2. The first-order chi connectivity index (χ1) is 19.0. The van der Waals surface area contributed by atoms with Crippen LogP contribution in [0.3, 0.4) is 0 Å². The van der Waals surface area contributed by atoms with Gasteiger partial charge in [-0.1, -0.05) is 19.0 Å². The van der Waals surface area contributed by atoms with Gasteiger partial charge in [0.25, 0.3) is 11.8 Å². The van der Waals surface area contributed by atoms with Gasteiger partial charge in [0, 0.05) is 30.8 Å². The van der Waals surface area contributed by atoms with E-state index in [0.717, 1.165) is 16.2 Å². The van der Waals surface area contributed by atoms with Crippen molar-refractivity contribution in [2.24, 2.45) is 11.1 Å². The number of fused-ring (bicyclic) bond motifs is 1. The highest BCUT2D eigenvalue weighted by Gasteiger charge is 2.55. The summed E-state index contributed by atoms with van der Waals surface area (Å²) in [6.07, 6.45) is 0.454. The Kier molecular flexibility index (Phi) is 10.3. The monoisotopic (exact) mass is 598 g/mol. The second kappa shape index (κ2) is 13.5. The van der Waals surface area contributed by atoms with Crippen molar-refractivity contribution in [1.29, 1.82) is 0 Å². The molecule has 17 heteroatoms. The number of rotatable bonds is 11. The molecule has 0 spiro atoms. The summed E-state index contributed by atoms with van der Waals surface area (Å²) in [5.74, 6) is -3.20. The number of nitrogens with one attached hydrogen (secondary N) is 1. The Hall–Kier alpha value is -3.86. The molecule has 0 saturated carbocycles. The molecule has 4 N–H and O–H groups in total. The van der Waals surface area contributed by atoms with Crippen molar-refractivity contribution < 1.29 is 43.4 Å². The predicted molar refractivity (Wildman–Crippen MR) is 143 cm³/mol. The topological polar surface area (TPSA) is 203 Å². The number of carbonyl (C=O) groups excluding carboxylic acids is 5. The summed E-state index contributed by atoms with van der Waals surface area (Å²) in [5, 5.41) is 15.7. The molecule has 1 saturated heterocycles. The minimum absolute atomic E-state index is 0.0273. The van der Waals surface area contributed by atoms with Gasteiger partial charge in [0.2, 0.25) is 6.79 Å². The Balaban J connectivity index is 1.76. The molecule has 2 aliphatic heterocycles. The summed E-state index contributed by atoms with van der Waals surface area (Å²) in [7, 11) is 2.98. The minimum Gasteiger partial charge on any atom is -0.445 e. The summed E-state index contributed by atoms with van der Waals surface area (Å²) >= 11 is 2.25. The van der Waals surface area contributed by atoms with E-state index < -0.39 is 53.8 Å². The van der Waals surface area contributed by atoms with Crippen LogP contribution in [0, 0.1) is 5.92 Å². The lowest BCUT2D eigenvalue weighted by Gasteiger charge is -2.49. The zero-order valence-electron chi connectivity index (χ0n) is 22.2. The van der Waals surface area contributed by atoms with Crippen LogP contribution >= 0.6 is 23.1 Å². The van der Waals surface area contributed by atoms with E-state index in [9.17, 15) is 29.2 Å². The van der Waals surface area contributed by atoms with Crippen LogP contribution in [0.2, 0.25) is 0 Å². The zero-order chi connectivity index (χ0) is 29.6. The number of β-lactam (4-membered cyclic amide) rings is 1. The van der Waals surface area contributed by atoms with Gasteiger partial charge < -0.3 is 35.4 Å². The van der Waals surface area contributed by atoms with Crippen LogP contribution in [0.15, 0.2) is 21.8 Å². The van der Waals surface area contributed by atoms with Crippen molar-refractivity contribution in [1.82, 2.24) is 20.1 Å². The number of ether oxygens (including phenoxy) is 3. The molecule has 15 nitrogen and oxygen atoms in total. The summed E-state index contributed by atoms with van der Waals surface area (Å²) in [6, 6.07) is -1.08. The summed E-state index contributed by atoms with van der Waals surface area (Å²) in [5.41, 5.74) is 5.29. The molecule has 1 aromatic heterocycles. The average molecular weight is 599 g/mol. The third-order valence-electron chi connectivity index (χ3n) is 6.05. The number of anilines is 1. The van der Waals surface area contributed by atoms with E-state index in [0.29, 0.717) is 18.4 Å². The third kappa shape index (κ3) is 6.64. The van der Waals surface area contributed by atoms with E-state index in [1.807, 2.05) is 13.8 Å². The predicted octanol–water partition coefficient (Wildman–Crippen LogP) is 0.736. The number of esters is 2. The largest absolute Gasteiger partial charge is 0.445 e. The number of hydrogen-bond donors (Lipinski definition) is 3. The normalized spacial score (nSPS) is 18.6. The summed E-state index contributed by atoms with van der Waals surface area (Å²) in [4.78, 5) is 69.4. The molecule has 2 atom stereocenters. The Morgan fingerprint density at radius 1 is 1.25 bits per heavy atom. The van der Waals surface area contributed by atoms with Gasteiger partial charge in [0.05, 0.1) is 5.92 Å². The molecular formula is C23H30N6O9S2. The molecule has 218 valence electrons. The molecule has 1 aromatic rings. The molecule has 0 aliphatic carbocycles. The molecule has 1 fully saturated rings. The molecular weight excluding hydrogens is 568 g/mol. The molecule has 0 aromatic carbocycles. The highest BCUT2D eigenvalue weighted by Crippen LogP contribution is 2.40. The van der Waals surface area contributed by atoms with Crippen LogP contribution in [-0.2, 0) is 33.4 Å². The van der Waals surface area contributed by atoms with Crippen LogP contribution < -0.4 is 11.1 Å². The number of nitrogens with two attached hydrogens (primary N) is 1. The smallest absolute Gasteiger partial charge is 0.409 e. The fraction of sp³-hybridized carbons (Fsp3) is 0.522. The van der Waals surface area contributed by atoms with Gasteiger partial charge in [-0.25, -0.2) is 14.6 Å². The van der Waals surface area contributed by atoms with Crippen LogP contribution in [0.1, 0.15) is 32.4 Å². The number of aromatic nitrogens is 1. The number of thiazole rings is 1. The fourth-order valence-electron chi connectivity index (χ4n) is 3.83. The van der Waals surface area contributed by atoms with Gasteiger partial charge in [-0.2, -0.15) is 0 Å². The fourth-order valence-corrected chi connectivity index (χ4v) is 5.70. The number of amides is 3. The maximum Gasteiger partial charge on any atom is 0.409 e. The molecule has 3 rings (SSSR count). The van der Waals surface area contributed by atoms with E-state index in [2.05, 4.69) is 15.5 Å². The minimum atomic E-state index is -1.08. The van der Waals surface area contributed by atoms with Crippen molar-refractivity contribution >= 4 is 63.8 Å². The van der Waals surface area contributed by atoms with Crippen molar-refractivity contribution in [2.75, 3.05) is 39.0 Å². The van der Waals surface area contributed by atoms with Crippen LogP contribution in [0.25, 0.3) is 0 Å². The van der Waals surface area contributed by atoms with Gasteiger partial charge in [-0.15, -0.1) is 23.1 Å². The summed E-state index contributed by atoms with van der Waals surface area (Å²) in [6.45, 7) is 2.69. The van der Waals surface area contributed by atoms with Crippen LogP contribution in [0.5, 0.6) is 0 Å². The standard InChI is InChI=1S/C23H30N6O9S2/c1-5-11(6-2)20(32)37-10-38-21(33)16-12(7-36-23(34)28(3)4)8-39-19-15(18(31)29(16)19)26-17(30)14(27-35)13-9-40-22(24)25-13/h9,11,15,19,35H,5-8,10H2,1-4H3,(H2,24,25)(H,26,30)/b27-14-/t15?,19-/m0/s1. The van der Waals surface area contributed by atoms with Gasteiger partial charge in [-0.05, 0) is 12.8 Å². The first-order valence-electron chi connectivity index (χ1n) is 12.1. The van der Waals surface area contributed by atoms with E-state index in [4.69, 9.17) is 19.9 Å². The molecule has 1 unspecified atom stereocenters. The summed E-state index contributed by atoms with van der Waals surface area (Å²) < 4.78 is 15.4. The number of hydrogen-bond acceptors (Lipinski definition) is 14. The maximum absolute atomic E-state index is 13.2. The lowest BCUT2D eigenvalue weighted by atomic mass is 10.0. The van der Waals surface area contributed by atoms with Crippen molar-refractivity contribution in [3.8, 4) is 0 Å². The van der Waals surface area contributed by atoms with Gasteiger partial charge in [0.15, 0.2) is 10.8 Å². The number of nitrogens with zero attached hydrogens (tertiary/aromatic N) is 4. The Morgan fingerprint density at radius 2 is 1.95 bits per heavy atom. The van der Waals surface area contributed by atoms with Gasteiger partial charge in [-0.3, -0.25) is 19.3 Å². The highest BCUT2D eigenvalue weighted by molar-refractivity contribution is 8.00. The molecule has 3 heterocycles. The Labute approximate surface area is 237 Å². The number of carbonyl (C=O) groups is 5. The van der Waals surface area contributed by atoms with Crippen molar-refractivity contribution in [3.63, 3.8) is 0 Å². The number of nitrogen functional groups attached to an aromatic ring is 1. The zero-order valence-corrected chi connectivity index (χ0v) is 23.9. The van der Waals surface area contributed by atoms with Gasteiger partial charge in [0.1, 0.15) is 29.4 Å². The average Bonchev–Trinajstić information content (AvgIpc) is 3.36. The highest BCUT2D eigenvalue weighted by atomic mass is 32.2. The molecule has 0 bridgehead atoms. The second-order valence-electron chi connectivity index (χ2n) is 8.81. The Bertz CT molecular complexity index is 1230. The van der Waals surface area contributed by atoms with E-state index in [1.54, 1.807) is 0 Å². The quantitative estimate of drug-likeness (QED) is 0.0806. The third-order valence-corrected chi connectivity index (χ3v) is 8.07. The first kappa shape index (κ1) is 30.7. The van der Waals surface area contributed by atoms with Gasteiger partial charge >= 0.3 is 18.0 Å².